The molecule has 1 aromatic rings. The summed E-state index contributed by atoms with van der Waals surface area (Å²) in [5.41, 5.74) is 0.222. The van der Waals surface area contributed by atoms with Gasteiger partial charge in [-0.1, -0.05) is 17.7 Å². The number of hydrogen-bond donors (Lipinski definition) is 1. The summed E-state index contributed by atoms with van der Waals surface area (Å²) in [6.07, 6.45) is 0. The Labute approximate surface area is 74.2 Å². The zero-order chi connectivity index (χ0) is 8.27. The Bertz CT molecular complexity index is 277. The largest absolute Gasteiger partial charge is 0.372 e. The second kappa shape index (κ2) is 4.71. The normalized spacial score (nSPS) is 8.50. The maximum atomic E-state index is 10.6. The van der Waals surface area contributed by atoms with Crippen molar-refractivity contribution in [3.8, 4) is 0 Å². The number of hydrogen-bond acceptors (Lipinski definition) is 3. The number of rotatable bonds is 1. The van der Waals surface area contributed by atoms with Gasteiger partial charge >= 0.3 is 5.97 Å². The van der Waals surface area contributed by atoms with Gasteiger partial charge in [0.05, 0.1) is 5.56 Å². The third kappa shape index (κ3) is 2.50. The highest BCUT2D eigenvalue weighted by Gasteiger charge is 2.05. The maximum absolute atomic E-state index is 10.6. The molecule has 0 heterocycles. The van der Waals surface area contributed by atoms with Gasteiger partial charge < -0.3 is 0 Å². The van der Waals surface area contributed by atoms with E-state index in [1.807, 2.05) is 0 Å². The smallest absolute Gasteiger partial charge is 0.296 e. The summed E-state index contributed by atoms with van der Waals surface area (Å²) >= 11 is 5.56. The van der Waals surface area contributed by atoms with Crippen LogP contribution in [0.4, 0.5) is 0 Å². The van der Waals surface area contributed by atoms with E-state index in [1.165, 1.54) is 12.1 Å². The van der Waals surface area contributed by atoms with Crippen LogP contribution in [0.25, 0.3) is 0 Å². The van der Waals surface area contributed by atoms with Crippen LogP contribution in [-0.2, 0) is 4.89 Å². The Morgan fingerprint density at radius 2 is 2.17 bits per heavy atom. The van der Waals surface area contributed by atoms with Crippen LogP contribution in [0.2, 0.25) is 5.02 Å². The average molecular weight is 187 g/mol. The van der Waals surface area contributed by atoms with Crippen LogP contribution in [0.3, 0.4) is 0 Å². The lowest BCUT2D eigenvalue weighted by Gasteiger charge is -1.95. The number of carbonyl (C=O) groups is 1. The quantitative estimate of drug-likeness (QED) is 0.533. The van der Waals surface area contributed by atoms with Gasteiger partial charge in [-0.3, -0.25) is 4.89 Å². The highest BCUT2D eigenvalue weighted by molar-refractivity contribution is 6.30. The lowest BCUT2D eigenvalue weighted by Crippen LogP contribution is -2.00. The van der Waals surface area contributed by atoms with Gasteiger partial charge in [0.1, 0.15) is 0 Å². The molecule has 0 amide bonds. The standard InChI is InChI=1S/C7H5ClO3.N/c8-6-3-1-2-5(4-6)7(9)11-10;/h1-4,10H;. The van der Waals surface area contributed by atoms with E-state index in [1.54, 1.807) is 12.1 Å². The van der Waals surface area contributed by atoms with Crippen LogP contribution in [0.1, 0.15) is 10.4 Å². The molecule has 0 unspecified atom stereocenters. The molecule has 0 aliphatic carbocycles. The zero-order valence-electron chi connectivity index (χ0n) is 5.90. The molecule has 0 aromatic heterocycles. The summed E-state index contributed by atoms with van der Waals surface area (Å²) in [4.78, 5) is 14.1. The van der Waals surface area contributed by atoms with Crippen molar-refractivity contribution in [2.24, 2.45) is 0 Å². The van der Waals surface area contributed by atoms with Gasteiger partial charge in [-0.2, -0.15) is 5.26 Å². The Balaban J connectivity index is 0.00000121. The number of halogens is 1. The fraction of sp³-hybridized carbons (Fsp3) is 0. The Kier molecular flexibility index (Phi) is 4.28. The van der Waals surface area contributed by atoms with E-state index in [0.29, 0.717) is 5.02 Å². The molecule has 1 N–H and O–H groups in total. The molecular formula is C7H5ClNO3. The van der Waals surface area contributed by atoms with Gasteiger partial charge in [-0.05, 0) is 18.2 Å². The topological polar surface area (TPSA) is 77.0 Å². The minimum absolute atomic E-state index is 0. The minimum atomic E-state index is -0.813. The van der Waals surface area contributed by atoms with Crippen LogP contribution in [0, 0.1) is 0 Å². The van der Waals surface area contributed by atoms with Crippen LogP contribution in [0.5, 0.6) is 0 Å². The van der Waals surface area contributed by atoms with Crippen molar-refractivity contribution < 1.29 is 14.9 Å². The fourth-order valence-electron chi connectivity index (χ4n) is 0.668. The van der Waals surface area contributed by atoms with E-state index >= 15 is 0 Å². The molecular weight excluding hydrogens is 182 g/mol. The molecule has 3 radical (unpaired) electrons. The van der Waals surface area contributed by atoms with Gasteiger partial charge in [0.2, 0.25) is 0 Å². The predicted molar refractivity (Wildman–Crippen MR) is 41.6 cm³/mol. The van der Waals surface area contributed by atoms with E-state index in [0.717, 1.165) is 0 Å². The second-order valence-corrected chi connectivity index (χ2v) is 2.33. The Morgan fingerprint density at radius 1 is 1.50 bits per heavy atom. The maximum Gasteiger partial charge on any atom is 0.372 e. The highest BCUT2D eigenvalue weighted by Crippen LogP contribution is 2.10. The van der Waals surface area contributed by atoms with Crippen molar-refractivity contribution in [2.75, 3.05) is 0 Å². The molecule has 0 spiro atoms. The first-order chi connectivity index (χ1) is 5.24. The van der Waals surface area contributed by atoms with Crippen molar-refractivity contribution in [2.45, 2.75) is 0 Å². The monoisotopic (exact) mass is 186 g/mol. The molecule has 12 heavy (non-hydrogen) atoms. The van der Waals surface area contributed by atoms with Gasteiger partial charge in [-0.25, -0.2) is 4.79 Å². The summed E-state index contributed by atoms with van der Waals surface area (Å²) < 4.78 is 0. The molecule has 0 saturated carbocycles. The van der Waals surface area contributed by atoms with Crippen molar-refractivity contribution in [1.29, 1.82) is 0 Å². The third-order valence-corrected chi connectivity index (χ3v) is 1.38. The van der Waals surface area contributed by atoms with Crippen molar-refractivity contribution >= 4 is 17.6 Å². The molecule has 4 nitrogen and oxygen atoms in total. The molecule has 0 aliphatic heterocycles. The molecule has 1 aromatic carbocycles. The number of benzene rings is 1. The highest BCUT2D eigenvalue weighted by atomic mass is 35.5. The second-order valence-electron chi connectivity index (χ2n) is 1.89. The number of nitrogens with zero attached hydrogens (tertiary/aromatic N) is 1. The molecule has 0 bridgehead atoms. The van der Waals surface area contributed by atoms with E-state index in [2.05, 4.69) is 4.89 Å². The predicted octanol–water partition coefficient (Wildman–Crippen LogP) is 1.49. The van der Waals surface area contributed by atoms with Crippen molar-refractivity contribution in [3.63, 3.8) is 0 Å². The summed E-state index contributed by atoms with van der Waals surface area (Å²) in [7, 11) is 0. The van der Waals surface area contributed by atoms with Gasteiger partial charge in [-0.15, -0.1) is 0 Å². The Morgan fingerprint density at radius 3 is 2.67 bits per heavy atom. The minimum Gasteiger partial charge on any atom is -0.296 e. The van der Waals surface area contributed by atoms with E-state index in [-0.39, 0.29) is 11.7 Å². The van der Waals surface area contributed by atoms with E-state index in [9.17, 15) is 4.79 Å². The van der Waals surface area contributed by atoms with Gasteiger partial charge in [0.15, 0.2) is 0 Å². The molecule has 5 heteroatoms. The molecule has 0 aliphatic rings. The van der Waals surface area contributed by atoms with E-state index in [4.69, 9.17) is 16.9 Å². The molecule has 63 valence electrons. The first-order valence-corrected chi connectivity index (χ1v) is 3.23. The van der Waals surface area contributed by atoms with Crippen LogP contribution < -0.4 is 6.15 Å². The summed E-state index contributed by atoms with van der Waals surface area (Å²) in [6.45, 7) is 0. The lowest BCUT2D eigenvalue weighted by atomic mass is 10.2. The molecule has 0 atom stereocenters. The first-order valence-electron chi connectivity index (χ1n) is 2.85. The molecule has 1 rings (SSSR count). The van der Waals surface area contributed by atoms with E-state index < -0.39 is 5.97 Å². The number of carbonyl (C=O) groups excluding carboxylic acids is 1. The van der Waals surface area contributed by atoms with Crippen LogP contribution >= 0.6 is 11.6 Å². The van der Waals surface area contributed by atoms with Crippen molar-refractivity contribution in [1.82, 2.24) is 6.15 Å². The Hall–Kier alpha value is -1.10. The van der Waals surface area contributed by atoms with Crippen LogP contribution in [0.15, 0.2) is 24.3 Å². The SMILES string of the molecule is O=C(OO)c1cccc(Cl)c1.[N]. The van der Waals surface area contributed by atoms with Crippen LogP contribution in [-0.4, -0.2) is 11.2 Å². The molecule has 0 fully saturated rings. The molecule has 0 saturated heterocycles. The third-order valence-electron chi connectivity index (χ3n) is 1.14. The van der Waals surface area contributed by atoms with Gasteiger partial charge in [0, 0.05) is 11.2 Å². The fourth-order valence-corrected chi connectivity index (χ4v) is 0.858. The summed E-state index contributed by atoms with van der Waals surface area (Å²) in [5.74, 6) is -0.813. The average Bonchev–Trinajstić information content (AvgIpc) is 2.03. The lowest BCUT2D eigenvalue weighted by molar-refractivity contribution is -0.182. The summed E-state index contributed by atoms with van der Waals surface area (Å²) in [5, 5.41) is 8.41. The first kappa shape index (κ1) is 10.9. The summed E-state index contributed by atoms with van der Waals surface area (Å²) in [6, 6.07) is 6.11. The zero-order valence-corrected chi connectivity index (χ0v) is 6.65. The van der Waals surface area contributed by atoms with Crippen molar-refractivity contribution in [3.05, 3.63) is 34.9 Å². The van der Waals surface area contributed by atoms with Gasteiger partial charge in [0.25, 0.3) is 0 Å².